The summed E-state index contributed by atoms with van der Waals surface area (Å²) in [6, 6.07) is 6.31. The third kappa shape index (κ3) is 4.32. The first-order valence-electron chi connectivity index (χ1n) is 6.92. The van der Waals surface area contributed by atoms with E-state index < -0.39 is 20.8 Å². The standard InChI is InChI=1S/C15H19NO.2ClH.Zr/c1-10-3-2-4-13(15(10)17)9-16-14-7-11-5-12(6-11)8-14;;;/h2-4,9,11-12,14,17H,5-8H2,1H3;2*1H;/q;;;+2/p-2. The van der Waals surface area contributed by atoms with Crippen molar-refractivity contribution in [1.29, 1.82) is 0 Å². The van der Waals surface area contributed by atoms with E-state index >= 15 is 0 Å². The van der Waals surface area contributed by atoms with Gasteiger partial charge in [-0.3, -0.25) is 4.99 Å². The number of rotatable bonds is 2. The number of hydrogen-bond acceptors (Lipinski definition) is 2. The summed E-state index contributed by atoms with van der Waals surface area (Å²) in [7, 11) is 9.87. The summed E-state index contributed by atoms with van der Waals surface area (Å²) in [5, 5.41) is 9.90. The molecule has 1 aromatic carbocycles. The molecule has 0 aromatic heterocycles. The molecule has 1 N–H and O–H groups in total. The van der Waals surface area contributed by atoms with Crippen LogP contribution in [-0.4, -0.2) is 17.4 Å². The van der Waals surface area contributed by atoms with Gasteiger partial charge in [0, 0.05) is 11.8 Å². The molecule has 2 nitrogen and oxygen atoms in total. The quantitative estimate of drug-likeness (QED) is 0.730. The van der Waals surface area contributed by atoms with Crippen molar-refractivity contribution < 1.29 is 26.0 Å². The van der Waals surface area contributed by atoms with Crippen LogP contribution in [0.25, 0.3) is 0 Å². The molecule has 3 saturated carbocycles. The van der Waals surface area contributed by atoms with E-state index in [2.05, 4.69) is 4.99 Å². The molecule has 0 radical (unpaired) electrons. The molecule has 1 aromatic rings. The second-order valence-electron chi connectivity index (χ2n) is 5.69. The van der Waals surface area contributed by atoms with Crippen molar-refractivity contribution in [1.82, 2.24) is 0 Å². The monoisotopic (exact) mass is 389 g/mol. The molecule has 0 unspecified atom stereocenters. The number of phenolic OH excluding ortho intramolecular Hbond substituents is 1. The summed E-state index contributed by atoms with van der Waals surface area (Å²) >= 11 is -0.826. The van der Waals surface area contributed by atoms with Gasteiger partial charge in [0.05, 0.1) is 6.04 Å². The van der Waals surface area contributed by atoms with Crippen LogP contribution in [0.5, 0.6) is 5.75 Å². The van der Waals surface area contributed by atoms with Crippen molar-refractivity contribution in [3.63, 3.8) is 0 Å². The second-order valence-corrected chi connectivity index (χ2v) is 9.42. The van der Waals surface area contributed by atoms with Crippen molar-refractivity contribution in [3.8, 4) is 5.75 Å². The zero-order chi connectivity index (χ0) is 14.5. The topological polar surface area (TPSA) is 32.6 Å². The molecule has 0 aliphatic heterocycles. The Morgan fingerprint density at radius 2 is 1.80 bits per heavy atom. The van der Waals surface area contributed by atoms with Crippen molar-refractivity contribution in [2.75, 3.05) is 0 Å². The predicted molar refractivity (Wildman–Crippen MR) is 81.4 cm³/mol. The maximum atomic E-state index is 9.90. The molecule has 5 heteroatoms. The number of para-hydroxylation sites is 1. The van der Waals surface area contributed by atoms with Gasteiger partial charge in [0.25, 0.3) is 0 Å². The van der Waals surface area contributed by atoms with Crippen molar-refractivity contribution in [2.24, 2.45) is 16.8 Å². The first-order chi connectivity index (χ1) is 9.63. The Balaban J connectivity index is 0.000000452. The molecule has 3 fully saturated rings. The van der Waals surface area contributed by atoms with Gasteiger partial charge in [-0.2, -0.15) is 0 Å². The van der Waals surface area contributed by atoms with Gasteiger partial charge in [0.2, 0.25) is 0 Å². The van der Waals surface area contributed by atoms with Crippen LogP contribution in [0.1, 0.15) is 36.8 Å². The molecule has 3 aliphatic rings. The molecule has 0 heterocycles. The molecule has 108 valence electrons. The van der Waals surface area contributed by atoms with Gasteiger partial charge in [-0.15, -0.1) is 0 Å². The second kappa shape index (κ2) is 7.96. The Bertz CT molecular complexity index is 465. The molecule has 2 bridgehead atoms. The Kier molecular flexibility index (Phi) is 6.58. The fraction of sp³-hybridized carbons (Fsp3) is 0.533. The summed E-state index contributed by atoms with van der Waals surface area (Å²) in [4.78, 5) is 4.65. The van der Waals surface area contributed by atoms with E-state index in [1.54, 1.807) is 0 Å². The van der Waals surface area contributed by atoms with Gasteiger partial charge in [0.15, 0.2) is 0 Å². The number of aryl methyl sites for hydroxylation is 1. The summed E-state index contributed by atoms with van der Waals surface area (Å²) in [6.07, 6.45) is 7.22. The van der Waals surface area contributed by atoms with Crippen LogP contribution in [0, 0.1) is 18.8 Å². The zero-order valence-corrected chi connectivity index (χ0v) is 15.5. The van der Waals surface area contributed by atoms with E-state index in [1.807, 2.05) is 31.3 Å². The summed E-state index contributed by atoms with van der Waals surface area (Å²) in [5.74, 6) is 2.24. The van der Waals surface area contributed by atoms with Crippen LogP contribution in [-0.2, 0) is 20.8 Å². The summed E-state index contributed by atoms with van der Waals surface area (Å²) in [5.41, 5.74) is 1.77. The number of aromatic hydroxyl groups is 1. The number of fused-ring (bicyclic) bond motifs is 2. The van der Waals surface area contributed by atoms with Gasteiger partial charge >= 0.3 is 37.9 Å². The van der Waals surface area contributed by atoms with Crippen molar-refractivity contribution >= 4 is 23.2 Å². The molecular formula is C15H19Cl2NOZr. The van der Waals surface area contributed by atoms with Crippen LogP contribution in [0.3, 0.4) is 0 Å². The number of phenols is 1. The Labute approximate surface area is 139 Å². The van der Waals surface area contributed by atoms with Crippen LogP contribution < -0.4 is 0 Å². The minimum atomic E-state index is -0.826. The number of benzene rings is 1. The van der Waals surface area contributed by atoms with Crippen LogP contribution in [0.4, 0.5) is 0 Å². The molecule has 0 atom stereocenters. The van der Waals surface area contributed by atoms with E-state index in [4.69, 9.17) is 17.0 Å². The number of halogens is 2. The molecule has 0 saturated heterocycles. The molecular weight excluding hydrogens is 372 g/mol. The van der Waals surface area contributed by atoms with E-state index in [9.17, 15) is 5.11 Å². The number of aliphatic imine (C=N–C) groups is 1. The summed E-state index contributed by atoms with van der Waals surface area (Å²) in [6.45, 7) is 1.92. The average Bonchev–Trinajstić information content (AvgIpc) is 2.41. The van der Waals surface area contributed by atoms with Crippen LogP contribution >= 0.6 is 17.0 Å². The SMILES string of the molecule is Cc1cccc(C=NC2CC3CC(C3)C2)c1O.[Cl][Zr][Cl]. The average molecular weight is 391 g/mol. The van der Waals surface area contributed by atoms with Crippen LogP contribution in [0.2, 0.25) is 0 Å². The number of hydrogen-bond donors (Lipinski definition) is 1. The Hall–Kier alpha value is 0.153. The van der Waals surface area contributed by atoms with Crippen molar-refractivity contribution in [3.05, 3.63) is 29.3 Å². The van der Waals surface area contributed by atoms with Gasteiger partial charge in [0.1, 0.15) is 5.75 Å². The fourth-order valence-electron chi connectivity index (χ4n) is 3.22. The van der Waals surface area contributed by atoms with Crippen LogP contribution in [0.15, 0.2) is 23.2 Å². The Morgan fingerprint density at radius 3 is 2.40 bits per heavy atom. The third-order valence-electron chi connectivity index (χ3n) is 4.24. The number of nitrogens with zero attached hydrogens (tertiary/aromatic N) is 1. The van der Waals surface area contributed by atoms with Gasteiger partial charge in [-0.1, -0.05) is 12.1 Å². The molecule has 20 heavy (non-hydrogen) atoms. The summed E-state index contributed by atoms with van der Waals surface area (Å²) < 4.78 is 0. The Morgan fingerprint density at radius 1 is 1.20 bits per heavy atom. The third-order valence-corrected chi connectivity index (χ3v) is 4.24. The molecule has 0 spiro atoms. The zero-order valence-electron chi connectivity index (χ0n) is 11.5. The first kappa shape index (κ1) is 16.5. The van der Waals surface area contributed by atoms with E-state index in [0.717, 1.165) is 23.0 Å². The normalized spacial score (nSPS) is 27.4. The fourth-order valence-corrected chi connectivity index (χ4v) is 3.22. The van der Waals surface area contributed by atoms with E-state index in [1.165, 1.54) is 25.7 Å². The van der Waals surface area contributed by atoms with Gasteiger partial charge in [-0.25, -0.2) is 0 Å². The van der Waals surface area contributed by atoms with E-state index in [-0.39, 0.29) is 0 Å². The minimum absolute atomic E-state index is 0.372. The first-order valence-corrected chi connectivity index (χ1v) is 13.2. The van der Waals surface area contributed by atoms with Crippen molar-refractivity contribution in [2.45, 2.75) is 38.6 Å². The van der Waals surface area contributed by atoms with Gasteiger partial charge < -0.3 is 5.11 Å². The van der Waals surface area contributed by atoms with Gasteiger partial charge in [-0.05, 0) is 56.1 Å². The maximum absolute atomic E-state index is 9.90. The predicted octanol–water partition coefficient (Wildman–Crippen LogP) is 4.68. The molecule has 3 aliphatic carbocycles. The van der Waals surface area contributed by atoms with E-state index in [0.29, 0.717) is 11.8 Å². The molecule has 0 amide bonds. The molecule has 4 rings (SSSR count).